The molecule has 0 spiro atoms. The van der Waals surface area contributed by atoms with Gasteiger partial charge in [-0.2, -0.15) is 0 Å². The molecule has 1 aromatic rings. The fourth-order valence-electron chi connectivity index (χ4n) is 1.60. The number of esters is 1. The quantitative estimate of drug-likeness (QED) is 0.394. The van der Waals surface area contributed by atoms with Crippen LogP contribution in [0.1, 0.15) is 5.56 Å². The van der Waals surface area contributed by atoms with Gasteiger partial charge in [-0.3, -0.25) is 0 Å². The number of ether oxygens (including phenoxy) is 1. The summed E-state index contributed by atoms with van der Waals surface area (Å²) in [5.41, 5.74) is 1.75. The molecule has 0 aliphatic carbocycles. The summed E-state index contributed by atoms with van der Waals surface area (Å²) in [7, 11) is 3.78. The number of benzene rings is 1. The van der Waals surface area contributed by atoms with Crippen LogP contribution in [0, 0.1) is 0 Å². The van der Waals surface area contributed by atoms with E-state index in [1.165, 1.54) is 0 Å². The van der Waals surface area contributed by atoms with Gasteiger partial charge in [0.15, 0.2) is 0 Å². The Kier molecular flexibility index (Phi) is 2.46. The lowest BCUT2D eigenvalue weighted by atomic mass is 10.0. The molecule has 0 saturated heterocycles. The SMILES string of the molecule is CN(C)C=C1Cc2ccccc2OC1=O. The lowest BCUT2D eigenvalue weighted by Crippen LogP contribution is -2.21. The lowest BCUT2D eigenvalue weighted by molar-refractivity contribution is -0.130. The molecule has 1 aliphatic rings. The minimum Gasteiger partial charge on any atom is -0.423 e. The van der Waals surface area contributed by atoms with Crippen molar-refractivity contribution in [3.05, 3.63) is 41.6 Å². The Morgan fingerprint density at radius 1 is 1.33 bits per heavy atom. The third-order valence-corrected chi connectivity index (χ3v) is 2.23. The van der Waals surface area contributed by atoms with Crippen molar-refractivity contribution in [2.24, 2.45) is 0 Å². The Bertz CT molecular complexity index is 421. The molecule has 0 atom stereocenters. The number of carbonyl (C=O) groups is 1. The predicted molar refractivity (Wildman–Crippen MR) is 57.6 cm³/mol. The molecule has 15 heavy (non-hydrogen) atoms. The molecule has 0 saturated carbocycles. The van der Waals surface area contributed by atoms with Crippen molar-refractivity contribution in [1.82, 2.24) is 4.90 Å². The van der Waals surface area contributed by atoms with Gasteiger partial charge in [0.1, 0.15) is 5.75 Å². The van der Waals surface area contributed by atoms with Crippen molar-refractivity contribution in [1.29, 1.82) is 0 Å². The number of hydrogen-bond acceptors (Lipinski definition) is 3. The summed E-state index contributed by atoms with van der Waals surface area (Å²) in [6, 6.07) is 7.61. The fraction of sp³-hybridized carbons (Fsp3) is 0.250. The Morgan fingerprint density at radius 2 is 2.07 bits per heavy atom. The van der Waals surface area contributed by atoms with Crippen molar-refractivity contribution in [3.63, 3.8) is 0 Å². The van der Waals surface area contributed by atoms with Crippen LogP contribution in [0.3, 0.4) is 0 Å². The number of hydrogen-bond donors (Lipinski definition) is 0. The third kappa shape index (κ3) is 2.01. The maximum atomic E-state index is 11.6. The van der Waals surface area contributed by atoms with Gasteiger partial charge in [0, 0.05) is 26.7 Å². The van der Waals surface area contributed by atoms with Crippen LogP contribution in [0.2, 0.25) is 0 Å². The molecule has 0 N–H and O–H groups in total. The maximum Gasteiger partial charge on any atom is 0.341 e. The molecule has 0 aromatic heterocycles. The van der Waals surface area contributed by atoms with Crippen molar-refractivity contribution in [3.8, 4) is 5.75 Å². The minimum atomic E-state index is -0.248. The summed E-state index contributed by atoms with van der Waals surface area (Å²) in [5, 5.41) is 0. The lowest BCUT2D eigenvalue weighted by Gasteiger charge is -2.18. The van der Waals surface area contributed by atoms with Crippen LogP contribution in [0.4, 0.5) is 0 Å². The van der Waals surface area contributed by atoms with E-state index in [0.717, 1.165) is 5.56 Å². The fourth-order valence-corrected chi connectivity index (χ4v) is 1.60. The second kappa shape index (κ2) is 3.77. The molecule has 78 valence electrons. The second-order valence-corrected chi connectivity index (χ2v) is 3.79. The molecule has 0 fully saturated rings. The first kappa shape index (κ1) is 9.77. The molecule has 0 bridgehead atoms. The number of nitrogens with zero attached hydrogens (tertiary/aromatic N) is 1. The maximum absolute atomic E-state index is 11.6. The molecular formula is C12H13NO2. The average Bonchev–Trinajstić information content (AvgIpc) is 2.18. The van der Waals surface area contributed by atoms with E-state index in [4.69, 9.17) is 4.74 Å². The first-order valence-electron chi connectivity index (χ1n) is 4.84. The Balaban J connectivity index is 2.34. The molecule has 3 heteroatoms. The molecule has 2 rings (SSSR count). The zero-order valence-corrected chi connectivity index (χ0v) is 8.86. The average molecular weight is 203 g/mol. The molecule has 1 aliphatic heterocycles. The van der Waals surface area contributed by atoms with E-state index in [-0.39, 0.29) is 5.97 Å². The third-order valence-electron chi connectivity index (χ3n) is 2.23. The van der Waals surface area contributed by atoms with E-state index in [1.54, 1.807) is 6.20 Å². The molecule has 1 heterocycles. The molecule has 1 aromatic carbocycles. The van der Waals surface area contributed by atoms with Crippen molar-refractivity contribution < 1.29 is 9.53 Å². The smallest absolute Gasteiger partial charge is 0.341 e. The topological polar surface area (TPSA) is 29.5 Å². The van der Waals surface area contributed by atoms with E-state index in [1.807, 2.05) is 43.3 Å². The number of para-hydroxylation sites is 1. The van der Waals surface area contributed by atoms with Crippen LogP contribution in [0.5, 0.6) is 5.75 Å². The summed E-state index contributed by atoms with van der Waals surface area (Å²) >= 11 is 0. The first-order valence-corrected chi connectivity index (χ1v) is 4.84. The van der Waals surface area contributed by atoms with Crippen LogP contribution < -0.4 is 4.74 Å². The molecule has 0 amide bonds. The molecule has 0 unspecified atom stereocenters. The monoisotopic (exact) mass is 203 g/mol. The number of fused-ring (bicyclic) bond motifs is 1. The second-order valence-electron chi connectivity index (χ2n) is 3.79. The van der Waals surface area contributed by atoms with Gasteiger partial charge in [0.2, 0.25) is 0 Å². The predicted octanol–water partition coefficient (Wildman–Crippen LogP) is 1.59. The Labute approximate surface area is 89.0 Å². The summed E-state index contributed by atoms with van der Waals surface area (Å²) in [5.74, 6) is 0.431. The highest BCUT2D eigenvalue weighted by atomic mass is 16.5. The van der Waals surface area contributed by atoms with Gasteiger partial charge in [-0.15, -0.1) is 0 Å². The molecular weight excluding hydrogens is 190 g/mol. The van der Waals surface area contributed by atoms with E-state index < -0.39 is 0 Å². The Hall–Kier alpha value is -1.77. The van der Waals surface area contributed by atoms with Crippen LogP contribution >= 0.6 is 0 Å². The largest absolute Gasteiger partial charge is 0.423 e. The van der Waals surface area contributed by atoms with Crippen LogP contribution in [-0.4, -0.2) is 25.0 Å². The van der Waals surface area contributed by atoms with Gasteiger partial charge < -0.3 is 9.64 Å². The van der Waals surface area contributed by atoms with Gasteiger partial charge in [-0.1, -0.05) is 18.2 Å². The first-order chi connectivity index (χ1) is 7.16. The standard InChI is InChI=1S/C12H13NO2/c1-13(2)8-10-7-9-5-3-4-6-11(9)15-12(10)14/h3-6,8H,7H2,1-2H3. The highest BCUT2D eigenvalue weighted by molar-refractivity contribution is 5.92. The van der Waals surface area contributed by atoms with Crippen LogP contribution in [0.25, 0.3) is 0 Å². The van der Waals surface area contributed by atoms with Crippen LogP contribution in [-0.2, 0) is 11.2 Å². The summed E-state index contributed by atoms with van der Waals surface area (Å²) < 4.78 is 5.21. The van der Waals surface area contributed by atoms with Crippen LogP contribution in [0.15, 0.2) is 36.0 Å². The van der Waals surface area contributed by atoms with Gasteiger partial charge in [0.25, 0.3) is 0 Å². The van der Waals surface area contributed by atoms with Crippen molar-refractivity contribution >= 4 is 5.97 Å². The van der Waals surface area contributed by atoms with E-state index in [9.17, 15) is 4.79 Å². The summed E-state index contributed by atoms with van der Waals surface area (Å²) in [6.07, 6.45) is 2.45. The molecule has 0 radical (unpaired) electrons. The van der Waals surface area contributed by atoms with E-state index in [2.05, 4.69) is 0 Å². The van der Waals surface area contributed by atoms with Gasteiger partial charge in [-0.25, -0.2) is 4.79 Å². The van der Waals surface area contributed by atoms with Gasteiger partial charge in [0.05, 0.1) is 5.57 Å². The minimum absolute atomic E-state index is 0.248. The summed E-state index contributed by atoms with van der Waals surface area (Å²) in [4.78, 5) is 13.4. The van der Waals surface area contributed by atoms with Crippen molar-refractivity contribution in [2.45, 2.75) is 6.42 Å². The van der Waals surface area contributed by atoms with Gasteiger partial charge >= 0.3 is 5.97 Å². The summed E-state index contributed by atoms with van der Waals surface area (Å²) in [6.45, 7) is 0. The number of carbonyl (C=O) groups excluding carboxylic acids is 1. The number of rotatable bonds is 1. The highest BCUT2D eigenvalue weighted by Gasteiger charge is 2.21. The van der Waals surface area contributed by atoms with Gasteiger partial charge in [-0.05, 0) is 11.6 Å². The highest BCUT2D eigenvalue weighted by Crippen LogP contribution is 2.27. The van der Waals surface area contributed by atoms with E-state index >= 15 is 0 Å². The van der Waals surface area contributed by atoms with Crippen molar-refractivity contribution in [2.75, 3.05) is 14.1 Å². The molecule has 3 nitrogen and oxygen atoms in total. The zero-order valence-electron chi connectivity index (χ0n) is 8.86. The normalized spacial score (nSPS) is 17.2. The van der Waals surface area contributed by atoms with E-state index in [0.29, 0.717) is 17.7 Å². The Morgan fingerprint density at radius 3 is 2.80 bits per heavy atom. The zero-order chi connectivity index (χ0) is 10.8.